The van der Waals surface area contributed by atoms with E-state index in [-0.39, 0.29) is 10.7 Å². The van der Waals surface area contributed by atoms with Crippen molar-refractivity contribution < 1.29 is 8.42 Å². The Labute approximate surface area is 133 Å². The fourth-order valence-electron chi connectivity index (χ4n) is 1.80. The van der Waals surface area contributed by atoms with Gasteiger partial charge in [-0.2, -0.15) is 0 Å². The normalized spacial score (nSPS) is 11.3. The van der Waals surface area contributed by atoms with E-state index < -0.39 is 10.0 Å². The van der Waals surface area contributed by atoms with E-state index in [1.54, 1.807) is 36.5 Å². The highest BCUT2D eigenvalue weighted by Gasteiger charge is 2.18. The zero-order valence-electron chi connectivity index (χ0n) is 11.5. The van der Waals surface area contributed by atoms with Crippen LogP contribution >= 0.6 is 15.9 Å². The van der Waals surface area contributed by atoms with Gasteiger partial charge in [-0.05, 0) is 46.2 Å². The Hall–Kier alpha value is -1.44. The average Bonchev–Trinajstić information content (AvgIpc) is 2.47. The molecule has 0 aliphatic carbocycles. The number of rotatable bonds is 6. The van der Waals surface area contributed by atoms with Crippen LogP contribution in [0.4, 0.5) is 5.82 Å². The quantitative estimate of drug-likeness (QED) is 0.820. The minimum atomic E-state index is -3.66. The van der Waals surface area contributed by atoms with Crippen molar-refractivity contribution >= 4 is 31.8 Å². The molecule has 0 amide bonds. The molecule has 0 fully saturated rings. The third kappa shape index (κ3) is 4.26. The molecule has 0 saturated heterocycles. The molecule has 1 aromatic carbocycles. The molecule has 0 aliphatic heterocycles. The Bertz CT molecular complexity index is 702. The fraction of sp³-hybridized carbons (Fsp3) is 0.214. The van der Waals surface area contributed by atoms with Crippen molar-refractivity contribution in [1.82, 2.24) is 10.3 Å². The van der Waals surface area contributed by atoms with Crippen LogP contribution in [0.25, 0.3) is 0 Å². The maximum absolute atomic E-state index is 12.5. The minimum Gasteiger partial charge on any atom is -0.313 e. The number of hydrogen-bond donors (Lipinski definition) is 2. The number of anilines is 1. The summed E-state index contributed by atoms with van der Waals surface area (Å²) in [5.74, 6) is 0.288. The molecule has 1 aromatic heterocycles. The summed E-state index contributed by atoms with van der Waals surface area (Å²) in [6.07, 6.45) is 1.54. The molecule has 5 nitrogen and oxygen atoms in total. The van der Waals surface area contributed by atoms with Crippen molar-refractivity contribution in [2.45, 2.75) is 18.4 Å². The van der Waals surface area contributed by atoms with Crippen LogP contribution in [0.1, 0.15) is 12.5 Å². The largest absolute Gasteiger partial charge is 0.313 e. The van der Waals surface area contributed by atoms with Crippen LogP contribution in [0.3, 0.4) is 0 Å². The van der Waals surface area contributed by atoms with E-state index in [0.717, 1.165) is 16.6 Å². The number of hydrogen-bond acceptors (Lipinski definition) is 4. The van der Waals surface area contributed by atoms with Gasteiger partial charge in [-0.1, -0.05) is 25.1 Å². The number of halogens is 1. The Balaban J connectivity index is 2.29. The lowest BCUT2D eigenvalue weighted by Crippen LogP contribution is -2.19. The van der Waals surface area contributed by atoms with E-state index in [1.165, 1.54) is 0 Å². The molecular formula is C14H16BrN3O2S. The summed E-state index contributed by atoms with van der Waals surface area (Å²) < 4.78 is 28.2. The van der Waals surface area contributed by atoms with Crippen molar-refractivity contribution in [3.05, 3.63) is 52.6 Å². The molecule has 112 valence electrons. The predicted molar refractivity (Wildman–Crippen MR) is 86.6 cm³/mol. The van der Waals surface area contributed by atoms with Gasteiger partial charge in [-0.3, -0.25) is 4.72 Å². The summed E-state index contributed by atoms with van der Waals surface area (Å²) in [6.45, 7) is 3.25. The molecule has 0 radical (unpaired) electrons. The van der Waals surface area contributed by atoms with Gasteiger partial charge in [-0.25, -0.2) is 13.4 Å². The number of nitrogens with zero attached hydrogens (tertiary/aromatic N) is 1. The maximum atomic E-state index is 12.5. The van der Waals surface area contributed by atoms with Gasteiger partial charge in [0, 0.05) is 17.2 Å². The van der Waals surface area contributed by atoms with Gasteiger partial charge in [-0.15, -0.1) is 0 Å². The van der Waals surface area contributed by atoms with Gasteiger partial charge in [0.2, 0.25) is 0 Å². The van der Waals surface area contributed by atoms with E-state index in [9.17, 15) is 8.42 Å². The molecule has 2 rings (SSSR count). The fourth-order valence-corrected chi connectivity index (χ4v) is 3.28. The molecule has 0 saturated carbocycles. The number of benzene rings is 1. The summed E-state index contributed by atoms with van der Waals surface area (Å²) in [7, 11) is -3.66. The van der Waals surface area contributed by atoms with Gasteiger partial charge >= 0.3 is 0 Å². The molecule has 0 atom stereocenters. The first-order chi connectivity index (χ1) is 10.0. The molecule has 7 heteroatoms. The van der Waals surface area contributed by atoms with Gasteiger partial charge in [0.25, 0.3) is 10.0 Å². The smallest absolute Gasteiger partial charge is 0.263 e. The maximum Gasteiger partial charge on any atom is 0.263 e. The molecule has 0 aliphatic rings. The number of aromatic nitrogens is 1. The molecule has 2 aromatic rings. The summed E-state index contributed by atoms with van der Waals surface area (Å²) >= 11 is 3.26. The second-order valence-electron chi connectivity index (χ2n) is 4.36. The SMILES string of the molecule is CCNCc1ccccc1S(=O)(=O)Nc1ccc(Br)cn1. The van der Waals surface area contributed by atoms with Crippen molar-refractivity contribution in [1.29, 1.82) is 0 Å². The van der Waals surface area contributed by atoms with E-state index in [0.29, 0.717) is 6.54 Å². The molecule has 0 unspecified atom stereocenters. The number of pyridine rings is 1. The highest BCUT2D eigenvalue weighted by molar-refractivity contribution is 9.10. The van der Waals surface area contributed by atoms with Crippen LogP contribution in [-0.4, -0.2) is 19.9 Å². The summed E-state index contributed by atoms with van der Waals surface area (Å²) in [5.41, 5.74) is 0.726. The Morgan fingerprint density at radius 3 is 2.62 bits per heavy atom. The molecule has 21 heavy (non-hydrogen) atoms. The van der Waals surface area contributed by atoms with E-state index in [2.05, 4.69) is 31.0 Å². The first kappa shape index (κ1) is 15.9. The predicted octanol–water partition coefficient (Wildman–Crippen LogP) is 2.75. The van der Waals surface area contributed by atoms with E-state index in [1.807, 2.05) is 13.0 Å². The van der Waals surface area contributed by atoms with Crippen LogP contribution < -0.4 is 10.0 Å². The summed E-state index contributed by atoms with van der Waals surface area (Å²) in [4.78, 5) is 4.29. The van der Waals surface area contributed by atoms with Crippen molar-refractivity contribution in [3.63, 3.8) is 0 Å². The van der Waals surface area contributed by atoms with Crippen molar-refractivity contribution in [3.8, 4) is 0 Å². The zero-order chi connectivity index (χ0) is 15.3. The second kappa shape index (κ2) is 7.02. The molecule has 0 spiro atoms. The molecule has 1 heterocycles. The van der Waals surface area contributed by atoms with Crippen molar-refractivity contribution in [2.75, 3.05) is 11.3 Å². The first-order valence-corrected chi connectivity index (χ1v) is 8.73. The Morgan fingerprint density at radius 2 is 1.95 bits per heavy atom. The van der Waals surface area contributed by atoms with Crippen LogP contribution in [0.2, 0.25) is 0 Å². The van der Waals surface area contributed by atoms with Gasteiger partial charge in [0.05, 0.1) is 4.90 Å². The van der Waals surface area contributed by atoms with Crippen LogP contribution in [0, 0.1) is 0 Å². The van der Waals surface area contributed by atoms with Crippen LogP contribution in [0.15, 0.2) is 52.0 Å². The number of sulfonamides is 1. The lowest BCUT2D eigenvalue weighted by molar-refractivity contribution is 0.598. The average molecular weight is 370 g/mol. The second-order valence-corrected chi connectivity index (χ2v) is 6.92. The van der Waals surface area contributed by atoms with Gasteiger partial charge < -0.3 is 5.32 Å². The Morgan fingerprint density at radius 1 is 1.19 bits per heavy atom. The highest BCUT2D eigenvalue weighted by atomic mass is 79.9. The summed E-state index contributed by atoms with van der Waals surface area (Å²) in [6, 6.07) is 10.3. The van der Waals surface area contributed by atoms with Crippen LogP contribution in [-0.2, 0) is 16.6 Å². The zero-order valence-corrected chi connectivity index (χ0v) is 13.9. The lowest BCUT2D eigenvalue weighted by Gasteiger charge is -2.12. The lowest BCUT2D eigenvalue weighted by atomic mass is 10.2. The minimum absolute atomic E-state index is 0.260. The van der Waals surface area contributed by atoms with E-state index >= 15 is 0 Å². The Kier molecular flexibility index (Phi) is 5.33. The standard InChI is InChI=1S/C14H16BrN3O2S/c1-2-16-9-11-5-3-4-6-13(11)21(19,20)18-14-8-7-12(15)10-17-14/h3-8,10,16H,2,9H2,1H3,(H,17,18). The first-order valence-electron chi connectivity index (χ1n) is 6.46. The van der Waals surface area contributed by atoms with Crippen LogP contribution in [0.5, 0.6) is 0 Å². The highest BCUT2D eigenvalue weighted by Crippen LogP contribution is 2.19. The molecular weight excluding hydrogens is 354 g/mol. The third-order valence-electron chi connectivity index (χ3n) is 2.79. The van der Waals surface area contributed by atoms with E-state index in [4.69, 9.17) is 0 Å². The molecule has 2 N–H and O–H groups in total. The monoisotopic (exact) mass is 369 g/mol. The summed E-state index contributed by atoms with van der Waals surface area (Å²) in [5, 5.41) is 3.13. The van der Waals surface area contributed by atoms with Crippen molar-refractivity contribution in [2.24, 2.45) is 0 Å². The number of nitrogens with one attached hydrogen (secondary N) is 2. The van der Waals surface area contributed by atoms with Gasteiger partial charge in [0.1, 0.15) is 5.82 Å². The third-order valence-corrected chi connectivity index (χ3v) is 4.72. The molecule has 0 bridgehead atoms. The topological polar surface area (TPSA) is 71.1 Å². The van der Waals surface area contributed by atoms with Gasteiger partial charge in [0.15, 0.2) is 0 Å².